The zero-order chi connectivity index (χ0) is 30.9. The van der Waals surface area contributed by atoms with Gasteiger partial charge in [-0.3, -0.25) is 9.59 Å². The summed E-state index contributed by atoms with van der Waals surface area (Å²) in [4.78, 5) is 27.2. The number of aromatic nitrogens is 1. The lowest BCUT2D eigenvalue weighted by molar-refractivity contribution is -0.268. The molecule has 4 aromatic rings. The van der Waals surface area contributed by atoms with E-state index in [0.29, 0.717) is 12.3 Å². The highest BCUT2D eigenvalue weighted by molar-refractivity contribution is 7.99. The summed E-state index contributed by atoms with van der Waals surface area (Å²) < 4.78 is 13.3. The van der Waals surface area contributed by atoms with Crippen LogP contribution in [0, 0.1) is 5.92 Å². The number of hydrogen-bond donors (Lipinski definition) is 3. The van der Waals surface area contributed by atoms with E-state index in [2.05, 4.69) is 23.3 Å². The first-order valence-electron chi connectivity index (χ1n) is 14.6. The second-order valence-electron chi connectivity index (χ2n) is 10.8. The van der Waals surface area contributed by atoms with Gasteiger partial charge in [0.2, 0.25) is 5.91 Å². The quantitative estimate of drug-likeness (QED) is 0.160. The number of carboxylic acids is 1. The number of thioether (sulfide) groups is 1. The number of nitrogens with one attached hydrogen (secondary N) is 1. The van der Waals surface area contributed by atoms with Crippen LogP contribution < -0.4 is 5.32 Å². The highest BCUT2D eigenvalue weighted by Crippen LogP contribution is 2.43. The molecule has 3 N–H and O–H groups in total. The molecular formula is C35H36N2O6S. The number of amides is 1. The summed E-state index contributed by atoms with van der Waals surface area (Å²) in [5, 5.41) is 22.1. The molecule has 1 saturated heterocycles. The van der Waals surface area contributed by atoms with Crippen LogP contribution in [-0.4, -0.2) is 38.9 Å². The highest BCUT2D eigenvalue weighted by Gasteiger charge is 2.38. The van der Waals surface area contributed by atoms with E-state index in [4.69, 9.17) is 14.6 Å². The van der Waals surface area contributed by atoms with Crippen molar-refractivity contribution in [1.82, 2.24) is 10.3 Å². The zero-order valence-electron chi connectivity index (χ0n) is 24.5. The predicted molar refractivity (Wildman–Crippen MR) is 169 cm³/mol. The van der Waals surface area contributed by atoms with Gasteiger partial charge in [-0.05, 0) is 52.1 Å². The van der Waals surface area contributed by atoms with Gasteiger partial charge in [0.25, 0.3) is 0 Å². The average molecular weight is 613 g/mol. The Morgan fingerprint density at radius 3 is 2.36 bits per heavy atom. The lowest BCUT2D eigenvalue weighted by Crippen LogP contribution is -2.38. The smallest absolute Gasteiger partial charge is 0.303 e. The Kier molecular flexibility index (Phi) is 10.8. The molecule has 1 amide bonds. The molecule has 228 valence electrons. The Balaban J connectivity index is 1.35. The molecule has 1 aliphatic rings. The van der Waals surface area contributed by atoms with Crippen molar-refractivity contribution in [3.8, 4) is 11.1 Å². The molecule has 2 heterocycles. The Labute approximate surface area is 261 Å². The van der Waals surface area contributed by atoms with Crippen molar-refractivity contribution in [1.29, 1.82) is 0 Å². The van der Waals surface area contributed by atoms with E-state index in [-0.39, 0.29) is 43.5 Å². The zero-order valence-corrected chi connectivity index (χ0v) is 25.3. The molecule has 4 atom stereocenters. The fourth-order valence-electron chi connectivity index (χ4n) is 5.15. The Morgan fingerprint density at radius 1 is 0.864 bits per heavy atom. The van der Waals surface area contributed by atoms with Gasteiger partial charge in [-0.15, -0.1) is 11.8 Å². The molecular weight excluding hydrogens is 576 g/mol. The first-order valence-corrected chi connectivity index (χ1v) is 15.6. The minimum Gasteiger partial charge on any atom is -0.481 e. The molecule has 0 bridgehead atoms. The van der Waals surface area contributed by atoms with E-state index in [1.54, 1.807) is 18.0 Å². The summed E-state index contributed by atoms with van der Waals surface area (Å²) in [5.74, 6) is -0.514. The van der Waals surface area contributed by atoms with Gasteiger partial charge in [0.1, 0.15) is 0 Å². The third-order valence-electron chi connectivity index (χ3n) is 7.63. The van der Waals surface area contributed by atoms with E-state index < -0.39 is 12.3 Å². The second-order valence-corrected chi connectivity index (χ2v) is 11.8. The predicted octanol–water partition coefficient (Wildman–Crippen LogP) is 6.31. The maximum Gasteiger partial charge on any atom is 0.303 e. The number of carboxylic acid groups (broad SMARTS) is 1. The van der Waals surface area contributed by atoms with Crippen LogP contribution in [0.1, 0.15) is 54.4 Å². The summed E-state index contributed by atoms with van der Waals surface area (Å²) in [7, 11) is 0. The minimum absolute atomic E-state index is 0.0124. The van der Waals surface area contributed by atoms with Crippen molar-refractivity contribution in [2.45, 2.75) is 56.4 Å². The maximum atomic E-state index is 12.0. The van der Waals surface area contributed by atoms with Gasteiger partial charge in [-0.2, -0.15) is 0 Å². The van der Waals surface area contributed by atoms with Crippen molar-refractivity contribution in [2.24, 2.45) is 5.92 Å². The molecule has 44 heavy (non-hydrogen) atoms. The molecule has 8 nitrogen and oxygen atoms in total. The standard InChI is InChI=1S/C35H36N2O6S/c1-23-30(22-44-32-10-2-3-17-36-32)42-35(43-34(23)26-13-11-24(21-38)12-14-26)29-9-5-8-28(19-29)27-7-4-6-25(18-27)20-37-31(39)15-16-33(40)41/h2-14,17-19,23,30,34-35,38H,15-16,20-22H2,1H3,(H,37,39)(H,40,41). The summed E-state index contributed by atoms with van der Waals surface area (Å²) in [6, 6.07) is 29.7. The van der Waals surface area contributed by atoms with Crippen molar-refractivity contribution < 1.29 is 29.3 Å². The van der Waals surface area contributed by atoms with Crippen LogP contribution >= 0.6 is 11.8 Å². The van der Waals surface area contributed by atoms with Gasteiger partial charge in [0.05, 0.1) is 30.3 Å². The van der Waals surface area contributed by atoms with Crippen molar-refractivity contribution in [3.63, 3.8) is 0 Å². The fraction of sp³-hybridized carbons (Fsp3) is 0.286. The average Bonchev–Trinajstić information content (AvgIpc) is 3.06. The molecule has 9 heteroatoms. The molecule has 1 fully saturated rings. The van der Waals surface area contributed by atoms with Crippen LogP contribution in [0.5, 0.6) is 0 Å². The maximum absolute atomic E-state index is 12.0. The van der Waals surface area contributed by atoms with Crippen molar-refractivity contribution >= 4 is 23.6 Å². The van der Waals surface area contributed by atoms with Gasteiger partial charge in [0.15, 0.2) is 6.29 Å². The van der Waals surface area contributed by atoms with E-state index >= 15 is 0 Å². The monoisotopic (exact) mass is 612 g/mol. The van der Waals surface area contributed by atoms with Crippen LogP contribution in [-0.2, 0) is 32.2 Å². The highest BCUT2D eigenvalue weighted by atomic mass is 32.2. The molecule has 0 radical (unpaired) electrons. The number of nitrogens with zero attached hydrogens (tertiary/aromatic N) is 1. The molecule has 4 unspecified atom stereocenters. The van der Waals surface area contributed by atoms with E-state index in [9.17, 15) is 14.7 Å². The number of ether oxygens (including phenoxy) is 2. The first kappa shape index (κ1) is 31.4. The van der Waals surface area contributed by atoms with Crippen molar-refractivity contribution in [2.75, 3.05) is 5.75 Å². The molecule has 3 aromatic carbocycles. The lowest BCUT2D eigenvalue weighted by Gasteiger charge is -2.41. The minimum atomic E-state index is -0.994. The number of rotatable bonds is 12. The van der Waals surface area contributed by atoms with Gasteiger partial charge in [0, 0.05) is 36.4 Å². The molecule has 0 spiro atoms. The van der Waals surface area contributed by atoms with Crippen LogP contribution in [0.15, 0.2) is 102 Å². The number of aliphatic carboxylic acids is 1. The van der Waals surface area contributed by atoms with Crippen LogP contribution in [0.2, 0.25) is 0 Å². The molecule has 1 aliphatic heterocycles. The summed E-state index contributed by atoms with van der Waals surface area (Å²) >= 11 is 1.66. The number of benzene rings is 3. The van der Waals surface area contributed by atoms with Crippen LogP contribution in [0.25, 0.3) is 11.1 Å². The van der Waals surface area contributed by atoms with Gasteiger partial charge in [-0.1, -0.05) is 73.7 Å². The first-order chi connectivity index (χ1) is 21.4. The van der Waals surface area contributed by atoms with Crippen molar-refractivity contribution in [3.05, 3.63) is 119 Å². The van der Waals surface area contributed by atoms with Crippen LogP contribution in [0.4, 0.5) is 0 Å². The second kappa shape index (κ2) is 15.1. The molecule has 5 rings (SSSR count). The lowest BCUT2D eigenvalue weighted by atomic mass is 9.91. The van der Waals surface area contributed by atoms with E-state index in [0.717, 1.165) is 38.4 Å². The Morgan fingerprint density at radius 2 is 1.64 bits per heavy atom. The topological polar surface area (TPSA) is 118 Å². The molecule has 1 aromatic heterocycles. The number of carbonyl (C=O) groups excluding carboxylic acids is 1. The number of pyridine rings is 1. The summed E-state index contributed by atoms with van der Waals surface area (Å²) in [5.41, 5.74) is 5.65. The third-order valence-corrected chi connectivity index (χ3v) is 8.66. The third kappa shape index (κ3) is 8.33. The van der Waals surface area contributed by atoms with E-state index in [1.165, 1.54) is 0 Å². The number of hydrogen-bond acceptors (Lipinski definition) is 7. The number of aliphatic hydroxyl groups is 1. The largest absolute Gasteiger partial charge is 0.481 e. The molecule has 0 saturated carbocycles. The summed E-state index contributed by atoms with van der Waals surface area (Å²) in [6.07, 6.45) is 0.622. The fourth-order valence-corrected chi connectivity index (χ4v) is 6.17. The molecule has 0 aliphatic carbocycles. The van der Waals surface area contributed by atoms with Gasteiger partial charge < -0.3 is 25.0 Å². The van der Waals surface area contributed by atoms with Gasteiger partial charge in [-0.25, -0.2) is 4.98 Å². The Hall–Kier alpha value is -4.02. The van der Waals surface area contributed by atoms with Crippen LogP contribution in [0.3, 0.4) is 0 Å². The number of aliphatic hydroxyl groups excluding tert-OH is 1. The normalized spacial score (nSPS) is 19.8. The van der Waals surface area contributed by atoms with Gasteiger partial charge >= 0.3 is 5.97 Å². The summed E-state index contributed by atoms with van der Waals surface area (Å²) in [6.45, 7) is 2.44. The SMILES string of the molecule is CC1C(CSc2ccccn2)OC(c2cccc(-c3cccc(CNC(=O)CCC(=O)O)c3)c2)OC1c1ccc(CO)cc1. The number of carbonyl (C=O) groups is 2. The van der Waals surface area contributed by atoms with E-state index in [1.807, 2.05) is 84.9 Å². The Bertz CT molecular complexity index is 1550.